The number of pyridine rings is 1. The van der Waals surface area contributed by atoms with Crippen molar-refractivity contribution in [3.8, 4) is 5.75 Å². The zero-order valence-corrected chi connectivity index (χ0v) is 17.5. The quantitative estimate of drug-likeness (QED) is 0.531. The Labute approximate surface area is 185 Å². The van der Waals surface area contributed by atoms with Gasteiger partial charge in [-0.05, 0) is 47.5 Å². The molecule has 0 atom stereocenters. The maximum absolute atomic E-state index is 13.2. The average Bonchev–Trinajstić information content (AvgIpc) is 2.84. The standard InChI is InChI=1S/C25H23FN2O4/c26-21-6-3-18(4-7-21)17-32-24-8-5-20(25(30)28-10-12-31-13-11-28)15-22(24)23(29)14-19-2-1-9-27-16-19/h1-9,15-16H,10-14,17H2. The van der Waals surface area contributed by atoms with Crippen molar-refractivity contribution in [3.63, 3.8) is 0 Å². The Morgan fingerprint density at radius 1 is 1.03 bits per heavy atom. The summed E-state index contributed by atoms with van der Waals surface area (Å²) in [4.78, 5) is 31.8. The SMILES string of the molecule is O=C(Cc1cccnc1)c1cc(C(=O)N2CCOCC2)ccc1OCc1ccc(F)cc1. The van der Waals surface area contributed by atoms with E-state index in [1.54, 1.807) is 53.7 Å². The largest absolute Gasteiger partial charge is 0.488 e. The molecule has 2 aromatic carbocycles. The molecular weight excluding hydrogens is 411 g/mol. The number of hydrogen-bond acceptors (Lipinski definition) is 5. The van der Waals surface area contributed by atoms with Crippen LogP contribution in [-0.4, -0.2) is 47.9 Å². The van der Waals surface area contributed by atoms with Gasteiger partial charge < -0.3 is 14.4 Å². The number of carbonyl (C=O) groups is 2. The molecule has 1 aromatic heterocycles. The molecule has 1 amide bonds. The Kier molecular flexibility index (Phi) is 6.87. The second-order valence-corrected chi connectivity index (χ2v) is 7.49. The van der Waals surface area contributed by atoms with E-state index in [1.165, 1.54) is 12.1 Å². The van der Waals surface area contributed by atoms with Crippen LogP contribution >= 0.6 is 0 Å². The van der Waals surface area contributed by atoms with Crippen LogP contribution in [0.25, 0.3) is 0 Å². The van der Waals surface area contributed by atoms with E-state index in [1.807, 2.05) is 6.07 Å². The molecule has 1 aliphatic rings. The molecule has 2 heterocycles. The first-order valence-corrected chi connectivity index (χ1v) is 10.4. The minimum atomic E-state index is -0.327. The van der Waals surface area contributed by atoms with Gasteiger partial charge >= 0.3 is 0 Å². The highest BCUT2D eigenvalue weighted by Crippen LogP contribution is 2.24. The fourth-order valence-electron chi connectivity index (χ4n) is 3.48. The van der Waals surface area contributed by atoms with Crippen molar-refractivity contribution in [3.05, 3.63) is 95.1 Å². The number of ketones is 1. The first-order chi connectivity index (χ1) is 15.6. The molecule has 164 valence electrons. The van der Waals surface area contributed by atoms with Gasteiger partial charge in [0.25, 0.3) is 5.91 Å². The second-order valence-electron chi connectivity index (χ2n) is 7.49. The fraction of sp³-hybridized carbons (Fsp3) is 0.240. The first kappa shape index (κ1) is 21.6. The van der Waals surface area contributed by atoms with Gasteiger partial charge in [-0.25, -0.2) is 4.39 Å². The molecule has 1 fully saturated rings. The number of benzene rings is 2. The third-order valence-corrected chi connectivity index (χ3v) is 5.22. The number of rotatable bonds is 7. The third kappa shape index (κ3) is 5.36. The third-order valence-electron chi connectivity index (χ3n) is 5.22. The lowest BCUT2D eigenvalue weighted by atomic mass is 10.0. The number of nitrogens with zero attached hydrogens (tertiary/aromatic N) is 2. The summed E-state index contributed by atoms with van der Waals surface area (Å²) in [6.07, 6.45) is 3.42. The van der Waals surface area contributed by atoms with E-state index in [4.69, 9.17) is 9.47 Å². The van der Waals surface area contributed by atoms with Gasteiger partial charge in [-0.3, -0.25) is 14.6 Å². The van der Waals surface area contributed by atoms with Gasteiger partial charge in [0.1, 0.15) is 18.2 Å². The predicted molar refractivity (Wildman–Crippen MR) is 116 cm³/mol. The van der Waals surface area contributed by atoms with E-state index in [0.717, 1.165) is 11.1 Å². The zero-order chi connectivity index (χ0) is 22.3. The number of morpholine rings is 1. The second kappa shape index (κ2) is 10.2. The van der Waals surface area contributed by atoms with Gasteiger partial charge in [-0.1, -0.05) is 18.2 Å². The molecule has 1 aliphatic heterocycles. The number of carbonyl (C=O) groups excluding carboxylic acids is 2. The predicted octanol–water partition coefficient (Wildman–Crippen LogP) is 3.70. The van der Waals surface area contributed by atoms with Gasteiger partial charge in [0.15, 0.2) is 5.78 Å². The van der Waals surface area contributed by atoms with Gasteiger partial charge in [0.2, 0.25) is 0 Å². The summed E-state index contributed by atoms with van der Waals surface area (Å²) in [5, 5.41) is 0. The van der Waals surface area contributed by atoms with Crippen LogP contribution in [0.15, 0.2) is 67.0 Å². The molecule has 0 saturated carbocycles. The summed E-state index contributed by atoms with van der Waals surface area (Å²) in [6, 6.07) is 14.5. The summed E-state index contributed by atoms with van der Waals surface area (Å²) >= 11 is 0. The monoisotopic (exact) mass is 434 g/mol. The Bertz CT molecular complexity index is 1080. The van der Waals surface area contributed by atoms with Crippen molar-refractivity contribution in [2.75, 3.05) is 26.3 Å². The van der Waals surface area contributed by atoms with Crippen LogP contribution in [0, 0.1) is 5.82 Å². The number of ether oxygens (including phenoxy) is 2. The molecule has 6 nitrogen and oxygen atoms in total. The van der Waals surface area contributed by atoms with E-state index >= 15 is 0 Å². The highest BCUT2D eigenvalue weighted by Gasteiger charge is 2.22. The summed E-state index contributed by atoms with van der Waals surface area (Å²) < 4.78 is 24.4. The summed E-state index contributed by atoms with van der Waals surface area (Å²) in [5.41, 5.74) is 2.29. The number of Topliss-reactive ketones (excluding diaryl/α,β-unsaturated/α-hetero) is 1. The Morgan fingerprint density at radius 3 is 2.53 bits per heavy atom. The van der Waals surface area contributed by atoms with Crippen LogP contribution in [0.2, 0.25) is 0 Å². The fourth-order valence-corrected chi connectivity index (χ4v) is 3.48. The Morgan fingerprint density at radius 2 is 1.81 bits per heavy atom. The van der Waals surface area contributed by atoms with Crippen molar-refractivity contribution in [2.45, 2.75) is 13.0 Å². The van der Waals surface area contributed by atoms with E-state index in [2.05, 4.69) is 4.98 Å². The Hall–Kier alpha value is -3.58. The molecule has 1 saturated heterocycles. The van der Waals surface area contributed by atoms with Gasteiger partial charge in [-0.15, -0.1) is 0 Å². The molecule has 0 aliphatic carbocycles. The number of halogens is 1. The van der Waals surface area contributed by atoms with Crippen LogP contribution in [0.5, 0.6) is 5.75 Å². The molecule has 4 rings (SSSR count). The molecule has 3 aromatic rings. The van der Waals surface area contributed by atoms with Crippen molar-refractivity contribution in [1.29, 1.82) is 0 Å². The summed E-state index contributed by atoms with van der Waals surface area (Å²) in [6.45, 7) is 2.19. The molecule has 32 heavy (non-hydrogen) atoms. The van der Waals surface area contributed by atoms with Gasteiger partial charge in [0, 0.05) is 37.5 Å². The topological polar surface area (TPSA) is 68.7 Å². The highest BCUT2D eigenvalue weighted by atomic mass is 19.1. The molecule has 0 radical (unpaired) electrons. The molecule has 0 N–H and O–H groups in total. The molecular formula is C25H23FN2O4. The van der Waals surface area contributed by atoms with E-state index in [-0.39, 0.29) is 30.5 Å². The minimum absolute atomic E-state index is 0.135. The van der Waals surface area contributed by atoms with Crippen LogP contribution in [0.3, 0.4) is 0 Å². The lowest BCUT2D eigenvalue weighted by molar-refractivity contribution is 0.0303. The van der Waals surface area contributed by atoms with Gasteiger partial charge in [0.05, 0.1) is 18.8 Å². The van der Waals surface area contributed by atoms with Crippen molar-refractivity contribution in [1.82, 2.24) is 9.88 Å². The molecule has 0 spiro atoms. The summed E-state index contributed by atoms with van der Waals surface area (Å²) in [7, 11) is 0. The van der Waals surface area contributed by atoms with Crippen LogP contribution in [0.1, 0.15) is 31.8 Å². The van der Waals surface area contributed by atoms with Crippen molar-refractivity contribution in [2.24, 2.45) is 0 Å². The molecule has 0 bridgehead atoms. The maximum Gasteiger partial charge on any atom is 0.254 e. The van der Waals surface area contributed by atoms with Crippen molar-refractivity contribution < 1.29 is 23.5 Å². The number of hydrogen-bond donors (Lipinski definition) is 0. The maximum atomic E-state index is 13.2. The van der Waals surface area contributed by atoms with Crippen molar-refractivity contribution >= 4 is 11.7 Å². The minimum Gasteiger partial charge on any atom is -0.488 e. The highest BCUT2D eigenvalue weighted by molar-refractivity contribution is 6.03. The molecule has 0 unspecified atom stereocenters. The van der Waals surface area contributed by atoms with E-state index in [0.29, 0.717) is 43.2 Å². The van der Waals surface area contributed by atoms with Crippen LogP contribution in [-0.2, 0) is 17.8 Å². The van der Waals surface area contributed by atoms with Crippen LogP contribution in [0.4, 0.5) is 4.39 Å². The molecule has 7 heteroatoms. The lowest BCUT2D eigenvalue weighted by Gasteiger charge is -2.27. The zero-order valence-electron chi connectivity index (χ0n) is 17.5. The normalized spacial score (nSPS) is 13.6. The van der Waals surface area contributed by atoms with E-state index < -0.39 is 0 Å². The first-order valence-electron chi connectivity index (χ1n) is 10.4. The van der Waals surface area contributed by atoms with Crippen LogP contribution < -0.4 is 4.74 Å². The summed E-state index contributed by atoms with van der Waals surface area (Å²) in [5.74, 6) is -0.272. The Balaban J connectivity index is 1.59. The number of amides is 1. The smallest absolute Gasteiger partial charge is 0.254 e. The lowest BCUT2D eigenvalue weighted by Crippen LogP contribution is -2.40. The number of aromatic nitrogens is 1. The van der Waals surface area contributed by atoms with E-state index in [9.17, 15) is 14.0 Å². The average molecular weight is 434 g/mol. The van der Waals surface area contributed by atoms with Gasteiger partial charge in [-0.2, -0.15) is 0 Å².